The van der Waals surface area contributed by atoms with Crippen molar-refractivity contribution in [2.45, 2.75) is 26.6 Å². The molecule has 30 heavy (non-hydrogen) atoms. The Balaban J connectivity index is 1.81. The molecule has 0 amide bonds. The van der Waals surface area contributed by atoms with Gasteiger partial charge in [0.05, 0.1) is 41.1 Å². The molecule has 154 valence electrons. The van der Waals surface area contributed by atoms with Crippen LogP contribution >= 0.6 is 0 Å². The maximum Gasteiger partial charge on any atom is 0.417 e. The lowest BCUT2D eigenvalue weighted by Crippen LogP contribution is -2.10. The van der Waals surface area contributed by atoms with Crippen LogP contribution in [0.3, 0.4) is 0 Å². The Hall–Kier alpha value is -3.49. The van der Waals surface area contributed by atoms with E-state index in [1.165, 1.54) is 28.9 Å². The fraction of sp³-hybridized carbons (Fsp3) is 0.190. The van der Waals surface area contributed by atoms with Gasteiger partial charge in [-0.3, -0.25) is 4.98 Å². The summed E-state index contributed by atoms with van der Waals surface area (Å²) in [5.74, 6) is -0.507. The summed E-state index contributed by atoms with van der Waals surface area (Å²) < 4.78 is 55.8. The van der Waals surface area contributed by atoms with E-state index < -0.39 is 17.6 Å². The maximum atomic E-state index is 13.9. The zero-order valence-corrected chi connectivity index (χ0v) is 16.1. The molecular formula is C21H17F4N5. The smallest absolute Gasteiger partial charge is 0.377 e. The van der Waals surface area contributed by atoms with Crippen molar-refractivity contribution in [3.05, 3.63) is 77.1 Å². The Morgan fingerprint density at radius 2 is 1.87 bits per heavy atom. The maximum absolute atomic E-state index is 13.9. The van der Waals surface area contributed by atoms with Crippen LogP contribution in [-0.4, -0.2) is 19.6 Å². The number of nitrogens with one attached hydrogen (secondary N) is 1. The highest BCUT2D eigenvalue weighted by Gasteiger charge is 2.34. The van der Waals surface area contributed by atoms with E-state index >= 15 is 0 Å². The first-order valence-corrected chi connectivity index (χ1v) is 9.11. The average molecular weight is 415 g/mol. The number of benzene rings is 1. The summed E-state index contributed by atoms with van der Waals surface area (Å²) in [5, 5.41) is 7.41. The van der Waals surface area contributed by atoms with Gasteiger partial charge < -0.3 is 5.32 Å². The summed E-state index contributed by atoms with van der Waals surface area (Å²) in [6.45, 7) is 3.73. The van der Waals surface area contributed by atoms with Crippen LogP contribution in [0.2, 0.25) is 0 Å². The van der Waals surface area contributed by atoms with E-state index in [0.29, 0.717) is 22.6 Å². The Bertz CT molecular complexity index is 1230. The number of aryl methyl sites for hydroxylation is 2. The number of nitrogens with zero attached hydrogens (tertiary/aromatic N) is 4. The molecule has 0 aliphatic heterocycles. The van der Waals surface area contributed by atoms with Crippen LogP contribution in [0.5, 0.6) is 0 Å². The molecule has 0 radical (unpaired) electrons. The lowest BCUT2D eigenvalue weighted by atomic mass is 10.0. The molecule has 0 unspecified atom stereocenters. The monoisotopic (exact) mass is 415 g/mol. The van der Waals surface area contributed by atoms with E-state index in [1.54, 1.807) is 26.0 Å². The van der Waals surface area contributed by atoms with E-state index in [2.05, 4.69) is 20.4 Å². The van der Waals surface area contributed by atoms with Gasteiger partial charge in [-0.15, -0.1) is 0 Å². The van der Waals surface area contributed by atoms with Gasteiger partial charge in [0.15, 0.2) is 11.5 Å². The molecule has 0 fully saturated rings. The van der Waals surface area contributed by atoms with Gasteiger partial charge in [0.1, 0.15) is 0 Å². The summed E-state index contributed by atoms with van der Waals surface area (Å²) in [7, 11) is 0. The van der Waals surface area contributed by atoms with Crippen LogP contribution in [-0.2, 0) is 12.7 Å². The minimum absolute atomic E-state index is 0.0135. The molecule has 4 aromatic rings. The molecule has 3 heterocycles. The number of imidazole rings is 1. The largest absolute Gasteiger partial charge is 0.417 e. The van der Waals surface area contributed by atoms with Crippen molar-refractivity contribution in [2.24, 2.45) is 0 Å². The number of fused-ring (bicyclic) bond motifs is 1. The van der Waals surface area contributed by atoms with E-state index in [-0.39, 0.29) is 23.5 Å². The summed E-state index contributed by atoms with van der Waals surface area (Å²) in [5.41, 5.74) is 2.15. The van der Waals surface area contributed by atoms with Gasteiger partial charge in [0.2, 0.25) is 0 Å². The second-order valence-corrected chi connectivity index (χ2v) is 6.84. The van der Waals surface area contributed by atoms with Crippen molar-refractivity contribution in [1.29, 1.82) is 0 Å². The molecule has 0 atom stereocenters. The van der Waals surface area contributed by atoms with Crippen molar-refractivity contribution < 1.29 is 17.6 Å². The molecule has 3 aromatic heterocycles. The van der Waals surface area contributed by atoms with Gasteiger partial charge in [-0.25, -0.2) is 13.9 Å². The SMILES string of the molecule is Cc1nc2c(C)cc(-c3ccccc3C(F)(F)F)nn2c1CNc1ccncc1F. The molecule has 0 aliphatic carbocycles. The molecule has 5 nitrogen and oxygen atoms in total. The van der Waals surface area contributed by atoms with Crippen LogP contribution in [0, 0.1) is 19.7 Å². The van der Waals surface area contributed by atoms with Gasteiger partial charge in [-0.1, -0.05) is 18.2 Å². The average Bonchev–Trinajstić information content (AvgIpc) is 3.02. The van der Waals surface area contributed by atoms with Crippen molar-refractivity contribution in [2.75, 3.05) is 5.32 Å². The van der Waals surface area contributed by atoms with Gasteiger partial charge in [0, 0.05) is 11.8 Å². The van der Waals surface area contributed by atoms with Crippen molar-refractivity contribution in [1.82, 2.24) is 19.6 Å². The Kier molecular flexibility index (Phi) is 4.89. The van der Waals surface area contributed by atoms with Gasteiger partial charge in [0.25, 0.3) is 0 Å². The number of aromatic nitrogens is 4. The number of hydrogen-bond donors (Lipinski definition) is 1. The zero-order chi connectivity index (χ0) is 21.5. The number of rotatable bonds is 4. The molecular weight excluding hydrogens is 398 g/mol. The molecule has 0 spiro atoms. The first-order valence-electron chi connectivity index (χ1n) is 9.11. The fourth-order valence-corrected chi connectivity index (χ4v) is 3.31. The minimum atomic E-state index is -4.50. The lowest BCUT2D eigenvalue weighted by Gasteiger charge is -2.13. The third kappa shape index (κ3) is 3.58. The summed E-state index contributed by atoms with van der Waals surface area (Å²) in [6, 6.07) is 8.40. The molecule has 0 saturated heterocycles. The fourth-order valence-electron chi connectivity index (χ4n) is 3.31. The predicted molar refractivity (Wildman–Crippen MR) is 104 cm³/mol. The van der Waals surface area contributed by atoms with Crippen LogP contribution in [0.4, 0.5) is 23.2 Å². The second kappa shape index (κ2) is 7.40. The number of pyridine rings is 1. The summed E-state index contributed by atoms with van der Waals surface area (Å²) >= 11 is 0. The highest BCUT2D eigenvalue weighted by Crippen LogP contribution is 2.36. The Morgan fingerprint density at radius 3 is 2.60 bits per heavy atom. The van der Waals surface area contributed by atoms with Gasteiger partial charge >= 0.3 is 6.18 Å². The number of alkyl halides is 3. The first kappa shape index (κ1) is 19.8. The minimum Gasteiger partial charge on any atom is -0.377 e. The predicted octanol–water partition coefficient (Wildman–Crippen LogP) is 5.18. The normalized spacial score (nSPS) is 11.8. The molecule has 1 N–H and O–H groups in total. The molecule has 9 heteroatoms. The first-order chi connectivity index (χ1) is 14.3. The topological polar surface area (TPSA) is 55.1 Å². The third-order valence-corrected chi connectivity index (χ3v) is 4.79. The molecule has 4 rings (SSSR count). The number of halogens is 4. The third-order valence-electron chi connectivity index (χ3n) is 4.79. The number of anilines is 1. The molecule has 0 saturated carbocycles. The number of hydrogen-bond acceptors (Lipinski definition) is 4. The van der Waals surface area contributed by atoms with Crippen LogP contribution in [0.1, 0.15) is 22.5 Å². The summed E-state index contributed by atoms with van der Waals surface area (Å²) in [6.07, 6.45) is -1.95. The quantitative estimate of drug-likeness (QED) is 0.467. The van der Waals surface area contributed by atoms with Gasteiger partial charge in [-0.05, 0) is 37.6 Å². The molecule has 0 bridgehead atoms. The molecule has 1 aromatic carbocycles. The lowest BCUT2D eigenvalue weighted by molar-refractivity contribution is -0.137. The standard InChI is InChI=1S/C21H17F4N5/c1-12-9-18(14-5-3-4-6-15(14)21(23,24)25)29-30-19(13(2)28-20(12)30)11-27-17-7-8-26-10-16(17)22/h3-10H,11H2,1-2H3,(H,26,27). The van der Waals surface area contributed by atoms with E-state index in [0.717, 1.165) is 12.3 Å². The van der Waals surface area contributed by atoms with E-state index in [4.69, 9.17) is 0 Å². The summed E-state index contributed by atoms with van der Waals surface area (Å²) in [4.78, 5) is 8.19. The van der Waals surface area contributed by atoms with Crippen LogP contribution in [0.25, 0.3) is 16.9 Å². The Morgan fingerprint density at radius 1 is 1.10 bits per heavy atom. The van der Waals surface area contributed by atoms with Crippen LogP contribution in [0.15, 0.2) is 48.8 Å². The highest BCUT2D eigenvalue weighted by molar-refractivity contribution is 5.67. The van der Waals surface area contributed by atoms with E-state index in [9.17, 15) is 17.6 Å². The second-order valence-electron chi connectivity index (χ2n) is 6.84. The van der Waals surface area contributed by atoms with Crippen molar-refractivity contribution >= 4 is 11.3 Å². The highest BCUT2D eigenvalue weighted by atomic mass is 19.4. The van der Waals surface area contributed by atoms with Crippen molar-refractivity contribution in [3.8, 4) is 11.3 Å². The van der Waals surface area contributed by atoms with E-state index in [1.807, 2.05) is 0 Å². The Labute approximate surface area is 169 Å². The van der Waals surface area contributed by atoms with Gasteiger partial charge in [-0.2, -0.15) is 18.3 Å². The van der Waals surface area contributed by atoms with Crippen LogP contribution < -0.4 is 5.32 Å². The molecule has 0 aliphatic rings. The van der Waals surface area contributed by atoms with Crippen molar-refractivity contribution in [3.63, 3.8) is 0 Å². The zero-order valence-electron chi connectivity index (χ0n) is 16.1.